The summed E-state index contributed by atoms with van der Waals surface area (Å²) in [5.41, 5.74) is 1.00. The lowest BCUT2D eigenvalue weighted by Crippen LogP contribution is -2.52. The van der Waals surface area contributed by atoms with Crippen molar-refractivity contribution in [2.45, 2.75) is 38.4 Å². The summed E-state index contributed by atoms with van der Waals surface area (Å²) in [6, 6.07) is 5.89. The van der Waals surface area contributed by atoms with Crippen LogP contribution in [0.1, 0.15) is 31.9 Å². The van der Waals surface area contributed by atoms with Crippen LogP contribution in [0.15, 0.2) is 18.2 Å². The van der Waals surface area contributed by atoms with Gasteiger partial charge in [0.1, 0.15) is 0 Å². The number of nitrogens with one attached hydrogen (secondary N) is 1. The van der Waals surface area contributed by atoms with Gasteiger partial charge in [0.15, 0.2) is 0 Å². The molecule has 2 saturated heterocycles. The lowest BCUT2D eigenvalue weighted by atomic mass is 10.0. The first-order chi connectivity index (χ1) is 14.0. The molecule has 2 aliphatic heterocycles. The molecule has 0 aromatic heterocycles. The number of ether oxygens (including phenoxy) is 2. The standard InChI is InChI=1S/C21H31Cl2N3O3/c1-15(16(2)25-5-9-28-10-6-25)24-21(27)14-20(26-7-11-29-12-8-26)17-3-4-18(22)19(23)13-17/h3-4,13,15-16,20H,5-12,14H2,1-2H3,(H,24,27)/t15-,16-,20-/m0/s1. The second-order valence-electron chi connectivity index (χ2n) is 7.79. The Morgan fingerprint density at radius 3 is 2.17 bits per heavy atom. The molecule has 8 heteroatoms. The van der Waals surface area contributed by atoms with Crippen LogP contribution in [0.2, 0.25) is 10.0 Å². The van der Waals surface area contributed by atoms with Gasteiger partial charge in [-0.15, -0.1) is 0 Å². The Hall–Kier alpha value is -0.890. The third kappa shape index (κ3) is 6.29. The number of carbonyl (C=O) groups is 1. The van der Waals surface area contributed by atoms with E-state index in [0.717, 1.165) is 45.0 Å². The lowest BCUT2D eigenvalue weighted by molar-refractivity contribution is -0.124. The molecule has 0 aliphatic carbocycles. The zero-order valence-corrected chi connectivity index (χ0v) is 18.7. The number of amides is 1. The van der Waals surface area contributed by atoms with Crippen LogP contribution in [-0.4, -0.2) is 80.4 Å². The number of carbonyl (C=O) groups excluding carboxylic acids is 1. The van der Waals surface area contributed by atoms with Crippen molar-refractivity contribution in [1.29, 1.82) is 0 Å². The molecule has 162 valence electrons. The quantitative estimate of drug-likeness (QED) is 0.701. The minimum absolute atomic E-state index is 0.0418. The van der Waals surface area contributed by atoms with Crippen molar-refractivity contribution in [1.82, 2.24) is 15.1 Å². The number of morpholine rings is 2. The Morgan fingerprint density at radius 2 is 1.59 bits per heavy atom. The van der Waals surface area contributed by atoms with E-state index >= 15 is 0 Å². The van der Waals surface area contributed by atoms with Gasteiger partial charge >= 0.3 is 0 Å². The Labute approximate surface area is 183 Å². The van der Waals surface area contributed by atoms with Gasteiger partial charge in [-0.2, -0.15) is 0 Å². The van der Waals surface area contributed by atoms with E-state index in [1.807, 2.05) is 12.1 Å². The Kier molecular flexibility index (Phi) is 8.59. The molecule has 0 saturated carbocycles. The predicted octanol–water partition coefficient (Wildman–Crippen LogP) is 2.98. The fourth-order valence-electron chi connectivity index (χ4n) is 3.98. The molecule has 1 amide bonds. The van der Waals surface area contributed by atoms with Crippen LogP contribution >= 0.6 is 23.2 Å². The number of hydrogen-bond acceptors (Lipinski definition) is 5. The second kappa shape index (κ2) is 10.9. The number of benzene rings is 1. The third-order valence-electron chi connectivity index (χ3n) is 5.93. The molecule has 29 heavy (non-hydrogen) atoms. The van der Waals surface area contributed by atoms with Gasteiger partial charge in [0.05, 0.1) is 36.5 Å². The molecule has 3 rings (SSSR count). The smallest absolute Gasteiger partial charge is 0.222 e. The topological polar surface area (TPSA) is 54.0 Å². The fourth-order valence-corrected chi connectivity index (χ4v) is 4.28. The maximum absolute atomic E-state index is 12.9. The minimum atomic E-state index is -0.0560. The van der Waals surface area contributed by atoms with Gasteiger partial charge in [-0.05, 0) is 31.5 Å². The highest BCUT2D eigenvalue weighted by Gasteiger charge is 2.28. The molecule has 1 aromatic rings. The molecule has 2 fully saturated rings. The van der Waals surface area contributed by atoms with E-state index in [1.54, 1.807) is 6.07 Å². The van der Waals surface area contributed by atoms with Gasteiger partial charge in [-0.25, -0.2) is 0 Å². The molecule has 1 aromatic carbocycles. The molecule has 0 spiro atoms. The molecule has 3 atom stereocenters. The van der Waals surface area contributed by atoms with Crippen molar-refractivity contribution >= 4 is 29.1 Å². The number of nitrogens with zero attached hydrogens (tertiary/aromatic N) is 2. The van der Waals surface area contributed by atoms with E-state index < -0.39 is 0 Å². The zero-order chi connectivity index (χ0) is 20.8. The SMILES string of the molecule is C[C@H](NC(=O)C[C@@H](c1ccc(Cl)c(Cl)c1)N1CCOCC1)[C@H](C)N1CCOCC1. The Bertz CT molecular complexity index is 679. The van der Waals surface area contributed by atoms with E-state index in [1.165, 1.54) is 0 Å². The number of rotatable bonds is 7. The highest BCUT2D eigenvalue weighted by Crippen LogP contribution is 2.31. The summed E-state index contributed by atoms with van der Waals surface area (Å²) in [6.45, 7) is 10.5. The molecule has 0 bridgehead atoms. The molecule has 0 unspecified atom stereocenters. The predicted molar refractivity (Wildman–Crippen MR) is 116 cm³/mol. The van der Waals surface area contributed by atoms with Crippen LogP contribution in [0.25, 0.3) is 0 Å². The van der Waals surface area contributed by atoms with Crippen molar-refractivity contribution in [2.75, 3.05) is 52.6 Å². The fraction of sp³-hybridized carbons (Fsp3) is 0.667. The first-order valence-corrected chi connectivity index (χ1v) is 11.1. The molecule has 0 radical (unpaired) electrons. The van der Waals surface area contributed by atoms with Gasteiger partial charge < -0.3 is 14.8 Å². The molecule has 1 N–H and O–H groups in total. The van der Waals surface area contributed by atoms with E-state index in [2.05, 4.69) is 29.0 Å². The first kappa shape index (κ1) is 22.8. The lowest BCUT2D eigenvalue weighted by Gasteiger charge is -2.37. The summed E-state index contributed by atoms with van der Waals surface area (Å²) < 4.78 is 10.9. The normalized spacial score (nSPS) is 22.1. The maximum Gasteiger partial charge on any atom is 0.222 e. The average molecular weight is 444 g/mol. The highest BCUT2D eigenvalue weighted by molar-refractivity contribution is 6.42. The third-order valence-corrected chi connectivity index (χ3v) is 6.67. The zero-order valence-electron chi connectivity index (χ0n) is 17.2. The first-order valence-electron chi connectivity index (χ1n) is 10.3. The molecular formula is C21H31Cl2N3O3. The Morgan fingerprint density at radius 1 is 1.00 bits per heavy atom. The summed E-state index contributed by atoms with van der Waals surface area (Å²) in [5, 5.41) is 4.24. The highest BCUT2D eigenvalue weighted by atomic mass is 35.5. The Balaban J connectivity index is 1.66. The van der Waals surface area contributed by atoms with Crippen LogP contribution in [0, 0.1) is 0 Å². The van der Waals surface area contributed by atoms with Gasteiger partial charge in [-0.3, -0.25) is 14.6 Å². The summed E-state index contributed by atoms with van der Waals surface area (Å²) in [7, 11) is 0. The van der Waals surface area contributed by atoms with E-state index in [0.29, 0.717) is 29.7 Å². The van der Waals surface area contributed by atoms with Crippen molar-refractivity contribution < 1.29 is 14.3 Å². The summed E-state index contributed by atoms with van der Waals surface area (Å²) >= 11 is 12.3. The summed E-state index contributed by atoms with van der Waals surface area (Å²) in [6.07, 6.45) is 0.373. The van der Waals surface area contributed by atoms with Gasteiger partial charge in [-0.1, -0.05) is 29.3 Å². The van der Waals surface area contributed by atoms with Gasteiger partial charge in [0.25, 0.3) is 0 Å². The van der Waals surface area contributed by atoms with Crippen molar-refractivity contribution in [3.63, 3.8) is 0 Å². The monoisotopic (exact) mass is 443 g/mol. The molecular weight excluding hydrogens is 413 g/mol. The summed E-state index contributed by atoms with van der Waals surface area (Å²) in [4.78, 5) is 17.6. The summed E-state index contributed by atoms with van der Waals surface area (Å²) in [5.74, 6) is 0.0418. The molecule has 6 nitrogen and oxygen atoms in total. The largest absolute Gasteiger partial charge is 0.379 e. The van der Waals surface area contributed by atoms with Crippen LogP contribution in [-0.2, 0) is 14.3 Å². The molecule has 2 aliphatic rings. The second-order valence-corrected chi connectivity index (χ2v) is 8.60. The molecule has 2 heterocycles. The van der Waals surface area contributed by atoms with Gasteiger partial charge in [0, 0.05) is 50.7 Å². The van der Waals surface area contributed by atoms with Crippen LogP contribution < -0.4 is 5.32 Å². The van der Waals surface area contributed by atoms with Crippen molar-refractivity contribution in [2.24, 2.45) is 0 Å². The average Bonchev–Trinajstić information content (AvgIpc) is 2.74. The van der Waals surface area contributed by atoms with Crippen molar-refractivity contribution in [3.8, 4) is 0 Å². The van der Waals surface area contributed by atoms with Crippen LogP contribution in [0.4, 0.5) is 0 Å². The van der Waals surface area contributed by atoms with Crippen molar-refractivity contribution in [3.05, 3.63) is 33.8 Å². The van der Waals surface area contributed by atoms with Crippen LogP contribution in [0.5, 0.6) is 0 Å². The number of hydrogen-bond donors (Lipinski definition) is 1. The van der Waals surface area contributed by atoms with Gasteiger partial charge in [0.2, 0.25) is 5.91 Å². The minimum Gasteiger partial charge on any atom is -0.379 e. The number of halogens is 2. The van der Waals surface area contributed by atoms with E-state index in [9.17, 15) is 4.79 Å². The van der Waals surface area contributed by atoms with E-state index in [4.69, 9.17) is 32.7 Å². The maximum atomic E-state index is 12.9. The van der Waals surface area contributed by atoms with Crippen LogP contribution in [0.3, 0.4) is 0 Å². The van der Waals surface area contributed by atoms with E-state index in [-0.39, 0.29) is 24.0 Å².